The Morgan fingerprint density at radius 3 is 2.58 bits per heavy atom. The molecule has 9 heteroatoms. The molecule has 0 aromatic heterocycles. The van der Waals surface area contributed by atoms with Gasteiger partial charge in [0.2, 0.25) is 23.6 Å². The molecule has 4 atom stereocenters. The van der Waals surface area contributed by atoms with Crippen LogP contribution in [0.1, 0.15) is 36.8 Å². The Hall–Kier alpha value is -3.88. The Labute approximate surface area is 209 Å². The quantitative estimate of drug-likeness (QED) is 0.568. The van der Waals surface area contributed by atoms with Gasteiger partial charge in [-0.25, -0.2) is 0 Å². The first kappa shape index (κ1) is 23.8. The van der Waals surface area contributed by atoms with Crippen molar-refractivity contribution >= 4 is 23.6 Å². The molecule has 3 aliphatic heterocycles. The van der Waals surface area contributed by atoms with E-state index in [1.165, 1.54) is 4.90 Å². The Morgan fingerprint density at radius 2 is 1.83 bits per heavy atom. The summed E-state index contributed by atoms with van der Waals surface area (Å²) >= 11 is 0. The number of nitrogens with one attached hydrogen (secondary N) is 1. The Morgan fingerprint density at radius 1 is 1.11 bits per heavy atom. The molecule has 0 radical (unpaired) electrons. The first-order chi connectivity index (χ1) is 17.3. The van der Waals surface area contributed by atoms with Crippen LogP contribution in [0.4, 0.5) is 0 Å². The molecule has 2 fully saturated rings. The lowest BCUT2D eigenvalue weighted by atomic mass is 9.73. The molecule has 9 nitrogen and oxygen atoms in total. The number of amides is 4. The van der Waals surface area contributed by atoms with E-state index in [0.717, 1.165) is 11.1 Å². The number of rotatable bonds is 7. The molecule has 0 spiro atoms. The Bertz CT molecular complexity index is 1200. The standard InChI is InChI=1S/C27H30N4O5/c1-27-14-20(19-9-5-6-10-21(19)36-27)23(24(28)33)26(35)31(27)12-11-29-25(34)18-13-22(32)30(16-18)15-17-7-3-2-4-8-17/h2-10,18,20,23H,11-16H2,1H3,(H2,28,33)(H,29,34). The van der Waals surface area contributed by atoms with Crippen LogP contribution < -0.4 is 15.8 Å². The first-order valence-electron chi connectivity index (χ1n) is 12.2. The number of primary amides is 1. The van der Waals surface area contributed by atoms with Gasteiger partial charge < -0.3 is 25.6 Å². The zero-order valence-corrected chi connectivity index (χ0v) is 20.2. The number of fused-ring (bicyclic) bond motifs is 4. The maximum absolute atomic E-state index is 13.4. The van der Waals surface area contributed by atoms with Crippen molar-refractivity contribution in [3.63, 3.8) is 0 Å². The lowest BCUT2D eigenvalue weighted by molar-refractivity contribution is -0.175. The smallest absolute Gasteiger partial charge is 0.238 e. The van der Waals surface area contributed by atoms with Gasteiger partial charge in [0.15, 0.2) is 5.72 Å². The maximum atomic E-state index is 13.4. The number of para-hydroxylation sites is 1. The van der Waals surface area contributed by atoms with Gasteiger partial charge >= 0.3 is 0 Å². The second kappa shape index (κ2) is 9.29. The number of carbonyl (C=O) groups excluding carboxylic acids is 4. The van der Waals surface area contributed by atoms with E-state index in [2.05, 4.69) is 5.32 Å². The number of nitrogens with two attached hydrogens (primary N) is 1. The molecular weight excluding hydrogens is 460 g/mol. The molecule has 0 saturated carbocycles. The van der Waals surface area contributed by atoms with E-state index in [1.807, 2.05) is 61.5 Å². The van der Waals surface area contributed by atoms with Gasteiger partial charge in [-0.1, -0.05) is 48.5 Å². The molecule has 2 bridgehead atoms. The number of benzene rings is 2. The van der Waals surface area contributed by atoms with Crippen LogP contribution in [0.15, 0.2) is 54.6 Å². The van der Waals surface area contributed by atoms with E-state index >= 15 is 0 Å². The van der Waals surface area contributed by atoms with Crippen LogP contribution >= 0.6 is 0 Å². The number of hydrogen-bond acceptors (Lipinski definition) is 5. The zero-order valence-electron chi connectivity index (χ0n) is 20.2. The molecule has 0 aliphatic carbocycles. The lowest BCUT2D eigenvalue weighted by Gasteiger charge is -2.52. The van der Waals surface area contributed by atoms with E-state index in [-0.39, 0.29) is 37.2 Å². The molecular formula is C27H30N4O5. The average molecular weight is 491 g/mol. The number of ether oxygens (including phenoxy) is 1. The summed E-state index contributed by atoms with van der Waals surface area (Å²) in [6.45, 7) is 2.98. The second-order valence-electron chi connectivity index (χ2n) is 9.95. The van der Waals surface area contributed by atoms with Crippen molar-refractivity contribution < 1.29 is 23.9 Å². The molecule has 36 heavy (non-hydrogen) atoms. The van der Waals surface area contributed by atoms with Crippen LogP contribution in [0, 0.1) is 11.8 Å². The van der Waals surface area contributed by atoms with Crippen molar-refractivity contribution in [2.75, 3.05) is 19.6 Å². The van der Waals surface area contributed by atoms with Crippen LogP contribution in [0.5, 0.6) is 5.75 Å². The molecule has 3 N–H and O–H groups in total. The number of hydrogen-bond donors (Lipinski definition) is 2. The van der Waals surface area contributed by atoms with Crippen LogP contribution in [-0.4, -0.2) is 58.8 Å². The fraction of sp³-hybridized carbons (Fsp3) is 0.407. The van der Waals surface area contributed by atoms with Crippen molar-refractivity contribution in [3.05, 3.63) is 65.7 Å². The highest BCUT2D eigenvalue weighted by atomic mass is 16.5. The van der Waals surface area contributed by atoms with Crippen LogP contribution in [0.2, 0.25) is 0 Å². The number of nitrogens with zero attached hydrogens (tertiary/aromatic N) is 2. The van der Waals surface area contributed by atoms with Crippen molar-refractivity contribution in [3.8, 4) is 5.75 Å². The van der Waals surface area contributed by atoms with Crippen molar-refractivity contribution in [2.24, 2.45) is 17.6 Å². The summed E-state index contributed by atoms with van der Waals surface area (Å²) < 4.78 is 6.23. The minimum atomic E-state index is -0.988. The van der Waals surface area contributed by atoms with Gasteiger partial charge in [0.05, 0.1) is 5.92 Å². The molecule has 5 rings (SSSR count). The molecule has 3 aliphatic rings. The summed E-state index contributed by atoms with van der Waals surface area (Å²) in [5.74, 6) is -2.50. The minimum Gasteiger partial charge on any atom is -0.468 e. The van der Waals surface area contributed by atoms with Gasteiger partial charge in [-0.3, -0.25) is 19.2 Å². The van der Waals surface area contributed by atoms with Gasteiger partial charge in [0, 0.05) is 44.9 Å². The first-order valence-corrected chi connectivity index (χ1v) is 12.2. The van der Waals surface area contributed by atoms with E-state index in [0.29, 0.717) is 25.3 Å². The monoisotopic (exact) mass is 490 g/mol. The molecule has 188 valence electrons. The van der Waals surface area contributed by atoms with Crippen molar-refractivity contribution in [2.45, 2.75) is 38.0 Å². The van der Waals surface area contributed by atoms with Gasteiger partial charge in [0.1, 0.15) is 11.7 Å². The number of piperidine rings is 1. The van der Waals surface area contributed by atoms with Crippen LogP contribution in [0.3, 0.4) is 0 Å². The highest BCUT2D eigenvalue weighted by Crippen LogP contribution is 2.49. The molecule has 2 aromatic carbocycles. The van der Waals surface area contributed by atoms with Crippen LogP contribution in [-0.2, 0) is 25.7 Å². The van der Waals surface area contributed by atoms with Crippen molar-refractivity contribution in [1.82, 2.24) is 15.1 Å². The summed E-state index contributed by atoms with van der Waals surface area (Å²) in [4.78, 5) is 54.2. The topological polar surface area (TPSA) is 122 Å². The van der Waals surface area contributed by atoms with Crippen molar-refractivity contribution in [1.29, 1.82) is 0 Å². The van der Waals surface area contributed by atoms with E-state index in [9.17, 15) is 19.2 Å². The SMILES string of the molecule is CC12CC(c3ccccc3O1)C(C(N)=O)C(=O)N2CCNC(=O)C1CC(=O)N(Cc2ccccc2)C1. The predicted molar refractivity (Wildman–Crippen MR) is 130 cm³/mol. The second-order valence-corrected chi connectivity index (χ2v) is 9.95. The normalized spacial score (nSPS) is 26.9. The molecule has 4 unspecified atom stereocenters. The fourth-order valence-electron chi connectivity index (χ4n) is 5.72. The van der Waals surface area contributed by atoms with E-state index in [4.69, 9.17) is 10.5 Å². The molecule has 4 amide bonds. The van der Waals surface area contributed by atoms with E-state index in [1.54, 1.807) is 4.90 Å². The Kier molecular flexibility index (Phi) is 6.15. The van der Waals surface area contributed by atoms with E-state index < -0.39 is 29.4 Å². The number of carbonyl (C=O) groups is 4. The highest BCUT2D eigenvalue weighted by molar-refractivity contribution is 6.02. The summed E-state index contributed by atoms with van der Waals surface area (Å²) in [5, 5.41) is 2.87. The Balaban J connectivity index is 1.22. The summed E-state index contributed by atoms with van der Waals surface area (Å²) in [7, 11) is 0. The maximum Gasteiger partial charge on any atom is 0.238 e. The number of likely N-dealkylation sites (tertiary alicyclic amines) is 2. The fourth-order valence-corrected chi connectivity index (χ4v) is 5.72. The third-order valence-electron chi connectivity index (χ3n) is 7.50. The predicted octanol–water partition coefficient (Wildman–Crippen LogP) is 1.38. The minimum absolute atomic E-state index is 0.0534. The summed E-state index contributed by atoms with van der Waals surface area (Å²) in [6, 6.07) is 17.0. The van der Waals surface area contributed by atoms with Crippen LogP contribution in [0.25, 0.3) is 0 Å². The zero-order chi connectivity index (χ0) is 25.4. The lowest BCUT2D eigenvalue weighted by Crippen LogP contribution is -2.65. The van der Waals surface area contributed by atoms with Gasteiger partial charge in [0.25, 0.3) is 0 Å². The third-order valence-corrected chi connectivity index (χ3v) is 7.50. The molecule has 2 saturated heterocycles. The third kappa shape index (κ3) is 4.29. The van der Waals surface area contributed by atoms with Gasteiger partial charge in [-0.15, -0.1) is 0 Å². The highest BCUT2D eigenvalue weighted by Gasteiger charge is 2.55. The largest absolute Gasteiger partial charge is 0.468 e. The molecule has 3 heterocycles. The summed E-state index contributed by atoms with van der Waals surface area (Å²) in [5.41, 5.74) is 6.53. The average Bonchev–Trinajstić information content (AvgIpc) is 3.21. The molecule has 2 aromatic rings. The summed E-state index contributed by atoms with van der Waals surface area (Å²) in [6.07, 6.45) is 0.591. The van der Waals surface area contributed by atoms with Gasteiger partial charge in [-0.05, 0) is 24.1 Å². The van der Waals surface area contributed by atoms with Gasteiger partial charge in [-0.2, -0.15) is 0 Å².